The van der Waals surface area contributed by atoms with Crippen molar-refractivity contribution in [2.45, 2.75) is 6.54 Å². The standard InChI is InChI=1S/C15H13N3O4/c1-22-13(19)8-18-14(20)12(17-15(18)21)6-9-7-16-11-5-3-2-4-10(9)11/h2-7,20H,8H2,1H3,(H,17,21). The number of aliphatic imine (C=N–C) groups is 1. The molecule has 1 aromatic heterocycles. The minimum absolute atomic E-state index is 0.215. The van der Waals surface area contributed by atoms with Crippen LogP contribution in [0.2, 0.25) is 0 Å². The Kier molecular flexibility index (Phi) is 3.38. The van der Waals surface area contributed by atoms with Crippen molar-refractivity contribution in [3.8, 4) is 5.88 Å². The lowest BCUT2D eigenvalue weighted by atomic mass is 10.1. The summed E-state index contributed by atoms with van der Waals surface area (Å²) < 4.78 is 5.41. The van der Waals surface area contributed by atoms with E-state index in [0.717, 1.165) is 21.4 Å². The van der Waals surface area contributed by atoms with Crippen molar-refractivity contribution < 1.29 is 14.6 Å². The van der Waals surface area contributed by atoms with Gasteiger partial charge in [0, 0.05) is 17.4 Å². The molecule has 0 aliphatic carbocycles. The van der Waals surface area contributed by atoms with Gasteiger partial charge in [-0.15, -0.1) is 0 Å². The molecule has 0 bridgehead atoms. The van der Waals surface area contributed by atoms with Crippen LogP contribution < -0.4 is 5.69 Å². The van der Waals surface area contributed by atoms with Crippen LogP contribution in [0.5, 0.6) is 5.88 Å². The van der Waals surface area contributed by atoms with Crippen LogP contribution in [0, 0.1) is 0 Å². The summed E-state index contributed by atoms with van der Waals surface area (Å²) in [4.78, 5) is 29.8. The number of carbonyl (C=O) groups excluding carboxylic acids is 1. The summed E-state index contributed by atoms with van der Waals surface area (Å²) in [5.41, 5.74) is 2.12. The average Bonchev–Trinajstić information content (AvgIpc) is 3.04. The number of methoxy groups -OCH3 is 1. The van der Waals surface area contributed by atoms with Gasteiger partial charge in [-0.2, -0.15) is 0 Å². The number of rotatable bonds is 3. The maximum atomic E-state index is 11.8. The highest BCUT2D eigenvalue weighted by Crippen LogP contribution is 2.32. The molecule has 0 unspecified atom stereocenters. The third-order valence-corrected chi connectivity index (χ3v) is 3.36. The Hall–Kier alpha value is -3.09. The molecular weight excluding hydrogens is 286 g/mol. The molecule has 112 valence electrons. The van der Waals surface area contributed by atoms with Crippen molar-refractivity contribution in [2.24, 2.45) is 4.99 Å². The number of ether oxygens (including phenoxy) is 1. The zero-order valence-electron chi connectivity index (χ0n) is 11.7. The Labute approximate surface area is 125 Å². The van der Waals surface area contributed by atoms with Gasteiger partial charge in [-0.05, 0) is 12.1 Å². The first-order valence-corrected chi connectivity index (χ1v) is 6.54. The minimum atomic E-state index is -0.622. The van der Waals surface area contributed by atoms with Crippen LogP contribution in [0.3, 0.4) is 0 Å². The van der Waals surface area contributed by atoms with Gasteiger partial charge in [0.25, 0.3) is 0 Å². The monoisotopic (exact) mass is 299 g/mol. The van der Waals surface area contributed by atoms with E-state index in [1.807, 2.05) is 24.3 Å². The van der Waals surface area contributed by atoms with Gasteiger partial charge in [-0.1, -0.05) is 18.2 Å². The average molecular weight is 299 g/mol. The van der Waals surface area contributed by atoms with Crippen molar-refractivity contribution in [2.75, 3.05) is 7.11 Å². The molecule has 7 nitrogen and oxygen atoms in total. The maximum Gasteiger partial charge on any atom is 0.329 e. The zero-order valence-corrected chi connectivity index (χ0v) is 11.7. The smallest absolute Gasteiger partial charge is 0.329 e. The van der Waals surface area contributed by atoms with Gasteiger partial charge in [0.2, 0.25) is 5.88 Å². The molecule has 0 atom stereocenters. The van der Waals surface area contributed by atoms with Crippen LogP contribution in [-0.2, 0) is 16.1 Å². The first-order valence-electron chi connectivity index (χ1n) is 6.54. The van der Waals surface area contributed by atoms with Crippen LogP contribution in [0.15, 0.2) is 34.1 Å². The van der Waals surface area contributed by atoms with E-state index in [1.165, 1.54) is 7.11 Å². The van der Waals surface area contributed by atoms with Gasteiger partial charge < -0.3 is 14.8 Å². The predicted molar refractivity (Wildman–Crippen MR) is 81.2 cm³/mol. The number of esters is 1. The Morgan fingerprint density at radius 2 is 2.23 bits per heavy atom. The van der Waals surface area contributed by atoms with Crippen molar-refractivity contribution in [1.29, 1.82) is 0 Å². The number of allylic oxidation sites excluding steroid dienone is 1. The number of H-pyrrole nitrogens is 1. The topological polar surface area (TPSA) is 96.7 Å². The number of para-hydroxylation sites is 1. The Bertz CT molecular complexity index is 858. The molecule has 0 fully saturated rings. The second-order valence-electron chi connectivity index (χ2n) is 4.70. The van der Waals surface area contributed by atoms with Gasteiger partial charge in [0.1, 0.15) is 12.2 Å². The lowest BCUT2D eigenvalue weighted by molar-refractivity contribution is -0.141. The third kappa shape index (κ3) is 2.32. The minimum Gasteiger partial charge on any atom is -0.493 e. The molecule has 1 aliphatic heterocycles. The molecule has 0 spiro atoms. The fraction of sp³-hybridized carbons (Fsp3) is 0.133. The molecule has 0 radical (unpaired) electrons. The van der Waals surface area contributed by atoms with Gasteiger partial charge in [0.05, 0.1) is 12.8 Å². The van der Waals surface area contributed by atoms with Gasteiger partial charge >= 0.3 is 11.7 Å². The molecule has 3 rings (SSSR count). The number of carbonyl (C=O) groups is 1. The summed E-state index contributed by atoms with van der Waals surface area (Å²) in [7, 11) is 1.21. The van der Waals surface area contributed by atoms with E-state index >= 15 is 0 Å². The SMILES string of the molecule is COC(=O)Cn1c(O)c(C=C2C=Nc3ccccc32)[nH]c1=O. The van der Waals surface area contributed by atoms with Gasteiger partial charge in [-0.3, -0.25) is 14.4 Å². The van der Waals surface area contributed by atoms with Crippen molar-refractivity contribution in [1.82, 2.24) is 9.55 Å². The van der Waals surface area contributed by atoms with Crippen LogP contribution in [-0.4, -0.2) is 34.0 Å². The Morgan fingerprint density at radius 3 is 3.00 bits per heavy atom. The third-order valence-electron chi connectivity index (χ3n) is 3.36. The summed E-state index contributed by atoms with van der Waals surface area (Å²) in [6.45, 7) is -0.356. The van der Waals surface area contributed by atoms with E-state index in [-0.39, 0.29) is 18.1 Å². The number of nitrogens with zero attached hydrogens (tertiary/aromatic N) is 2. The summed E-state index contributed by atoms with van der Waals surface area (Å²) in [6.07, 6.45) is 3.26. The van der Waals surface area contributed by atoms with E-state index in [1.54, 1.807) is 12.3 Å². The number of hydrogen-bond donors (Lipinski definition) is 2. The number of aromatic nitrogens is 2. The lowest BCUT2D eigenvalue weighted by Gasteiger charge is -2.01. The second kappa shape index (κ2) is 5.36. The van der Waals surface area contributed by atoms with Gasteiger partial charge in [0.15, 0.2) is 0 Å². The van der Waals surface area contributed by atoms with Crippen LogP contribution >= 0.6 is 0 Å². The predicted octanol–water partition coefficient (Wildman–Crippen LogP) is 1.31. The normalized spacial score (nSPS) is 14.3. The first-order chi connectivity index (χ1) is 10.6. The summed E-state index contributed by atoms with van der Waals surface area (Å²) in [5, 5.41) is 10.1. The summed E-state index contributed by atoms with van der Waals surface area (Å²) in [5.74, 6) is -0.941. The molecule has 1 aliphatic rings. The van der Waals surface area contributed by atoms with Crippen molar-refractivity contribution >= 4 is 29.5 Å². The molecule has 22 heavy (non-hydrogen) atoms. The fourth-order valence-electron chi connectivity index (χ4n) is 2.23. The molecule has 0 saturated carbocycles. The largest absolute Gasteiger partial charge is 0.493 e. The summed E-state index contributed by atoms with van der Waals surface area (Å²) in [6, 6.07) is 7.53. The Morgan fingerprint density at radius 1 is 1.45 bits per heavy atom. The number of imidazole rings is 1. The quantitative estimate of drug-likeness (QED) is 0.835. The number of aromatic hydroxyl groups is 1. The molecule has 2 N–H and O–H groups in total. The van der Waals surface area contributed by atoms with Crippen LogP contribution in [0.4, 0.5) is 5.69 Å². The number of benzene rings is 1. The highest BCUT2D eigenvalue weighted by Gasteiger charge is 2.17. The van der Waals surface area contributed by atoms with E-state index in [2.05, 4.69) is 14.7 Å². The fourth-order valence-corrected chi connectivity index (χ4v) is 2.23. The number of nitrogens with one attached hydrogen (secondary N) is 1. The second-order valence-corrected chi connectivity index (χ2v) is 4.70. The van der Waals surface area contributed by atoms with E-state index in [9.17, 15) is 14.7 Å². The number of fused-ring (bicyclic) bond motifs is 1. The highest BCUT2D eigenvalue weighted by molar-refractivity contribution is 6.21. The summed E-state index contributed by atoms with van der Waals surface area (Å²) >= 11 is 0. The van der Waals surface area contributed by atoms with Gasteiger partial charge in [-0.25, -0.2) is 4.79 Å². The molecule has 7 heteroatoms. The van der Waals surface area contributed by atoms with Crippen molar-refractivity contribution in [3.63, 3.8) is 0 Å². The molecule has 2 heterocycles. The maximum absolute atomic E-state index is 11.8. The van der Waals surface area contributed by atoms with Crippen LogP contribution in [0.25, 0.3) is 11.6 Å². The van der Waals surface area contributed by atoms with Crippen molar-refractivity contribution in [3.05, 3.63) is 46.0 Å². The van der Waals surface area contributed by atoms with Crippen LogP contribution in [0.1, 0.15) is 11.3 Å². The van der Waals surface area contributed by atoms with E-state index in [0.29, 0.717) is 0 Å². The first kappa shape index (κ1) is 13.9. The van der Waals surface area contributed by atoms with E-state index in [4.69, 9.17) is 0 Å². The molecule has 1 aromatic carbocycles. The molecule has 2 aromatic rings. The Balaban J connectivity index is 2.00. The lowest BCUT2D eigenvalue weighted by Crippen LogP contribution is -2.22. The number of aromatic amines is 1. The zero-order chi connectivity index (χ0) is 15.7. The highest BCUT2D eigenvalue weighted by atomic mass is 16.5. The number of hydrogen-bond acceptors (Lipinski definition) is 5. The molecule has 0 saturated heterocycles. The molecule has 0 amide bonds. The van der Waals surface area contributed by atoms with E-state index < -0.39 is 11.7 Å². The molecular formula is C15H13N3O4.